The number of aliphatic hydroxyl groups is 1. The number of hydrogen-bond donors (Lipinski definition) is 1. The highest BCUT2D eigenvalue weighted by Gasteiger charge is 2.21. The molecule has 1 aromatic carbocycles. The molecule has 5 heteroatoms. The molecule has 0 spiro atoms. The smallest absolute Gasteiger partial charge is 0.179 e. The first kappa shape index (κ1) is 14.9. The number of rotatable bonds is 3. The van der Waals surface area contributed by atoms with E-state index in [2.05, 4.69) is 4.90 Å². The molecule has 2 aliphatic rings. The first-order valence-electron chi connectivity index (χ1n) is 7.67. The fourth-order valence-electron chi connectivity index (χ4n) is 3.08. The van der Waals surface area contributed by atoms with Crippen LogP contribution in [0, 0.1) is 5.92 Å². The van der Waals surface area contributed by atoms with Crippen molar-refractivity contribution in [2.75, 3.05) is 32.9 Å². The number of nitrogens with zero attached hydrogens (tertiary/aromatic N) is 1. The highest BCUT2D eigenvalue weighted by atomic mass is 35.5. The molecule has 0 bridgehead atoms. The normalized spacial score (nSPS) is 22.9. The zero-order valence-corrected chi connectivity index (χ0v) is 12.9. The summed E-state index contributed by atoms with van der Waals surface area (Å²) >= 11 is 6.33. The van der Waals surface area contributed by atoms with Crippen molar-refractivity contribution in [1.29, 1.82) is 0 Å². The Morgan fingerprint density at radius 2 is 2.10 bits per heavy atom. The fraction of sp³-hybridized carbons (Fsp3) is 0.625. The summed E-state index contributed by atoms with van der Waals surface area (Å²) in [6.45, 7) is 4.45. The van der Waals surface area contributed by atoms with Crippen molar-refractivity contribution in [2.24, 2.45) is 5.92 Å². The summed E-state index contributed by atoms with van der Waals surface area (Å²) in [6, 6.07) is 4.01. The van der Waals surface area contributed by atoms with E-state index in [4.69, 9.17) is 21.1 Å². The lowest BCUT2D eigenvalue weighted by Crippen LogP contribution is -2.36. The standard InChI is InChI=1S/C16H22ClNO3/c17-14-7-13(8-15-16(14)21-6-2-5-20-15)10-18-4-1-3-12(9-18)11-19/h7-8,12,19H,1-6,9-11H2. The molecule has 21 heavy (non-hydrogen) atoms. The maximum atomic E-state index is 9.32. The molecule has 1 saturated heterocycles. The minimum absolute atomic E-state index is 0.276. The highest BCUT2D eigenvalue weighted by molar-refractivity contribution is 6.32. The summed E-state index contributed by atoms with van der Waals surface area (Å²) in [5, 5.41) is 9.95. The zero-order chi connectivity index (χ0) is 14.7. The van der Waals surface area contributed by atoms with E-state index in [9.17, 15) is 5.11 Å². The van der Waals surface area contributed by atoms with E-state index < -0.39 is 0 Å². The van der Waals surface area contributed by atoms with Gasteiger partial charge in [-0.25, -0.2) is 0 Å². The maximum Gasteiger partial charge on any atom is 0.179 e. The Bertz CT molecular complexity index is 495. The minimum atomic E-state index is 0.276. The summed E-state index contributed by atoms with van der Waals surface area (Å²) < 4.78 is 11.4. The van der Waals surface area contributed by atoms with Gasteiger partial charge in [0.25, 0.3) is 0 Å². The lowest BCUT2D eigenvalue weighted by molar-refractivity contribution is 0.116. The summed E-state index contributed by atoms with van der Waals surface area (Å²) in [5.41, 5.74) is 1.14. The van der Waals surface area contributed by atoms with E-state index in [1.165, 1.54) is 0 Å². The Balaban J connectivity index is 1.73. The van der Waals surface area contributed by atoms with Crippen LogP contribution in [-0.4, -0.2) is 42.9 Å². The molecule has 3 rings (SSSR count). The first-order valence-corrected chi connectivity index (χ1v) is 8.05. The minimum Gasteiger partial charge on any atom is -0.489 e. The number of hydrogen-bond acceptors (Lipinski definition) is 4. The Morgan fingerprint density at radius 3 is 2.95 bits per heavy atom. The van der Waals surface area contributed by atoms with Crippen molar-refractivity contribution in [1.82, 2.24) is 4.90 Å². The molecule has 2 aliphatic heterocycles. The van der Waals surface area contributed by atoms with Gasteiger partial charge in [-0.1, -0.05) is 11.6 Å². The maximum absolute atomic E-state index is 9.32. The molecular formula is C16H22ClNO3. The number of halogens is 1. The molecule has 0 aliphatic carbocycles. The molecule has 0 saturated carbocycles. The lowest BCUT2D eigenvalue weighted by atomic mass is 9.98. The highest BCUT2D eigenvalue weighted by Crippen LogP contribution is 2.38. The van der Waals surface area contributed by atoms with E-state index >= 15 is 0 Å². The van der Waals surface area contributed by atoms with Crippen LogP contribution < -0.4 is 9.47 Å². The summed E-state index contributed by atoms with van der Waals surface area (Å²) in [5.74, 6) is 1.82. The van der Waals surface area contributed by atoms with E-state index in [-0.39, 0.29) is 6.61 Å². The molecule has 1 aromatic rings. The van der Waals surface area contributed by atoms with Crippen LogP contribution in [0.25, 0.3) is 0 Å². The van der Waals surface area contributed by atoms with Gasteiger partial charge in [0, 0.05) is 26.1 Å². The quantitative estimate of drug-likeness (QED) is 0.932. The van der Waals surface area contributed by atoms with E-state index in [1.807, 2.05) is 12.1 Å². The largest absolute Gasteiger partial charge is 0.489 e. The number of fused-ring (bicyclic) bond motifs is 1. The van der Waals surface area contributed by atoms with Crippen LogP contribution in [0.1, 0.15) is 24.8 Å². The van der Waals surface area contributed by atoms with E-state index in [0.717, 1.165) is 50.2 Å². The van der Waals surface area contributed by atoms with Crippen molar-refractivity contribution in [3.8, 4) is 11.5 Å². The predicted octanol–water partition coefficient (Wildman–Crippen LogP) is 2.71. The topological polar surface area (TPSA) is 41.9 Å². The number of piperidine rings is 1. The third kappa shape index (κ3) is 3.62. The number of benzene rings is 1. The predicted molar refractivity (Wildman–Crippen MR) is 82.1 cm³/mol. The van der Waals surface area contributed by atoms with Gasteiger partial charge in [0.05, 0.1) is 18.2 Å². The zero-order valence-electron chi connectivity index (χ0n) is 12.2. The molecule has 116 valence electrons. The summed E-state index contributed by atoms with van der Waals surface area (Å²) in [7, 11) is 0. The van der Waals surface area contributed by atoms with Crippen molar-refractivity contribution in [3.05, 3.63) is 22.7 Å². The van der Waals surface area contributed by atoms with E-state index in [1.54, 1.807) is 0 Å². The van der Waals surface area contributed by atoms with E-state index in [0.29, 0.717) is 29.9 Å². The summed E-state index contributed by atoms with van der Waals surface area (Å²) in [4.78, 5) is 2.38. The Labute approximate surface area is 130 Å². The lowest BCUT2D eigenvalue weighted by Gasteiger charge is -2.31. The molecule has 2 heterocycles. The van der Waals surface area contributed by atoms with Gasteiger partial charge in [-0.3, -0.25) is 4.90 Å². The van der Waals surface area contributed by atoms with Crippen LogP contribution in [0.4, 0.5) is 0 Å². The molecule has 0 aromatic heterocycles. The van der Waals surface area contributed by atoms with Gasteiger partial charge >= 0.3 is 0 Å². The van der Waals surface area contributed by atoms with Crippen molar-refractivity contribution in [2.45, 2.75) is 25.8 Å². The van der Waals surface area contributed by atoms with Crippen LogP contribution in [0.2, 0.25) is 5.02 Å². The second-order valence-electron chi connectivity index (χ2n) is 5.88. The third-order valence-electron chi connectivity index (χ3n) is 4.13. The van der Waals surface area contributed by atoms with Crippen molar-refractivity contribution < 1.29 is 14.6 Å². The van der Waals surface area contributed by atoms with Gasteiger partial charge in [-0.15, -0.1) is 0 Å². The van der Waals surface area contributed by atoms with Gasteiger partial charge in [0.15, 0.2) is 11.5 Å². The van der Waals surface area contributed by atoms with Crippen LogP contribution >= 0.6 is 11.6 Å². The van der Waals surface area contributed by atoms with Crippen molar-refractivity contribution in [3.63, 3.8) is 0 Å². The van der Waals surface area contributed by atoms with Crippen LogP contribution in [0.5, 0.6) is 11.5 Å². The molecule has 1 unspecified atom stereocenters. The van der Waals surface area contributed by atoms with Crippen LogP contribution in [0.15, 0.2) is 12.1 Å². The molecule has 4 nitrogen and oxygen atoms in total. The van der Waals surface area contributed by atoms with Gasteiger partial charge in [-0.2, -0.15) is 0 Å². The number of aliphatic hydroxyl groups excluding tert-OH is 1. The fourth-order valence-corrected chi connectivity index (χ4v) is 3.37. The number of likely N-dealkylation sites (tertiary alicyclic amines) is 1. The second kappa shape index (κ2) is 6.86. The van der Waals surface area contributed by atoms with Crippen LogP contribution in [-0.2, 0) is 6.54 Å². The first-order chi connectivity index (χ1) is 10.3. The molecule has 1 fully saturated rings. The average molecular weight is 312 g/mol. The van der Waals surface area contributed by atoms with Gasteiger partial charge in [-0.05, 0) is 43.0 Å². The Kier molecular flexibility index (Phi) is 4.88. The van der Waals surface area contributed by atoms with Gasteiger partial charge in [0.2, 0.25) is 0 Å². The SMILES string of the molecule is OCC1CCCN(Cc2cc(Cl)c3c(c2)OCCCO3)C1. The third-order valence-corrected chi connectivity index (χ3v) is 4.41. The van der Waals surface area contributed by atoms with Gasteiger partial charge in [0.1, 0.15) is 0 Å². The Hall–Kier alpha value is -0.970. The molecule has 0 radical (unpaired) electrons. The second-order valence-corrected chi connectivity index (χ2v) is 6.29. The Morgan fingerprint density at radius 1 is 1.24 bits per heavy atom. The molecule has 0 amide bonds. The monoisotopic (exact) mass is 311 g/mol. The van der Waals surface area contributed by atoms with Crippen molar-refractivity contribution >= 4 is 11.6 Å². The molecular weight excluding hydrogens is 290 g/mol. The summed E-state index contributed by atoms with van der Waals surface area (Å²) in [6.07, 6.45) is 3.14. The molecule has 1 atom stereocenters. The molecule has 1 N–H and O–H groups in total. The van der Waals surface area contributed by atoms with Gasteiger partial charge < -0.3 is 14.6 Å². The average Bonchev–Trinajstić information content (AvgIpc) is 2.73. The number of ether oxygens (including phenoxy) is 2. The van der Waals surface area contributed by atoms with Crippen LogP contribution in [0.3, 0.4) is 0 Å².